The zero-order chi connectivity index (χ0) is 20.1. The first-order valence-corrected chi connectivity index (χ1v) is 13.3. The van der Waals surface area contributed by atoms with Gasteiger partial charge < -0.3 is 0 Å². The third kappa shape index (κ3) is 9.65. The first kappa shape index (κ1) is 25.8. The summed E-state index contributed by atoms with van der Waals surface area (Å²) >= 11 is 0. The molecule has 0 rings (SSSR count). The number of unbranched alkanes of at least 4 members (excludes halogenated alkanes) is 9. The van der Waals surface area contributed by atoms with Crippen molar-refractivity contribution in [2.75, 3.05) is 12.3 Å². The molecule has 0 spiro atoms. The molecule has 2 N–H and O–H groups in total. The number of rotatable bonds is 16. The van der Waals surface area contributed by atoms with Gasteiger partial charge in [-0.05, 0) is 0 Å². The van der Waals surface area contributed by atoms with Gasteiger partial charge in [-0.2, -0.15) is 0 Å². The summed E-state index contributed by atoms with van der Waals surface area (Å²) < 4.78 is 1.90. The topological polar surface area (TPSA) is 67.5 Å². The maximum absolute atomic E-state index is 11.4. The predicted octanol–water partition coefficient (Wildman–Crippen LogP) is 6.22. The van der Waals surface area contributed by atoms with Crippen molar-refractivity contribution < 1.29 is 9.79 Å². The first-order chi connectivity index (χ1) is 12.2. The van der Waals surface area contributed by atoms with Gasteiger partial charge in [-0.15, -0.1) is 0 Å². The van der Waals surface area contributed by atoms with Crippen molar-refractivity contribution in [3.63, 3.8) is 0 Å². The van der Waals surface area contributed by atoms with E-state index in [4.69, 9.17) is 5.26 Å². The van der Waals surface area contributed by atoms with Crippen LogP contribution < -0.4 is 0 Å². The van der Waals surface area contributed by atoms with Crippen LogP contribution in [0.4, 0.5) is 0 Å². The van der Waals surface area contributed by atoms with Crippen LogP contribution >= 0.6 is 7.21 Å². The molecule has 0 radical (unpaired) electrons. The Morgan fingerprint density at radius 1 is 0.769 bits per heavy atom. The number of nitrogens with zero attached hydrogens (tertiary/aromatic N) is 2. The number of hydrogen-bond donors (Lipinski definition) is 2. The second-order valence-electron chi connectivity index (χ2n) is 8.45. The minimum absolute atomic E-state index is 0.0597. The molecular weight excluding hydrogens is 343 g/mol. The van der Waals surface area contributed by atoms with Crippen LogP contribution in [0, 0.1) is 11.3 Å². The zero-order valence-corrected chi connectivity index (χ0v) is 19.0. The van der Waals surface area contributed by atoms with E-state index in [1.807, 2.05) is 32.4 Å². The van der Waals surface area contributed by atoms with Gasteiger partial charge in [-0.1, -0.05) is 0 Å². The molecular formula is C21H45N2O2P. The van der Waals surface area contributed by atoms with Crippen LogP contribution in [0.25, 0.3) is 0 Å². The van der Waals surface area contributed by atoms with E-state index < -0.39 is 7.21 Å². The number of hydrogen-bond acceptors (Lipinski definition) is 4. The molecule has 0 aromatic rings. The molecule has 0 aromatic carbocycles. The van der Waals surface area contributed by atoms with Gasteiger partial charge in [0, 0.05) is 0 Å². The van der Waals surface area contributed by atoms with Crippen molar-refractivity contribution >= 4 is 7.21 Å². The fraction of sp³-hybridized carbons (Fsp3) is 0.952. The Balaban J connectivity index is 4.44. The van der Waals surface area contributed by atoms with E-state index in [0.29, 0.717) is 6.16 Å². The van der Waals surface area contributed by atoms with E-state index in [0.717, 1.165) is 12.8 Å². The van der Waals surface area contributed by atoms with Crippen molar-refractivity contribution in [2.24, 2.45) is 0 Å². The molecule has 0 aliphatic carbocycles. The molecule has 0 atom stereocenters. The molecule has 156 valence electrons. The normalized spacial score (nSPS) is 14.0. The summed E-state index contributed by atoms with van der Waals surface area (Å²) in [5, 5.41) is 8.98. The summed E-state index contributed by atoms with van der Waals surface area (Å²) in [5.74, 6) is 0. The van der Waals surface area contributed by atoms with Crippen LogP contribution in [0.3, 0.4) is 0 Å². The van der Waals surface area contributed by atoms with Gasteiger partial charge in [0.1, 0.15) is 0 Å². The quantitative estimate of drug-likeness (QED) is 0.243. The van der Waals surface area contributed by atoms with Gasteiger partial charge >= 0.3 is 163 Å². The molecule has 0 aliphatic heterocycles. The summed E-state index contributed by atoms with van der Waals surface area (Å²) in [6, 6.07) is 2.23. The molecule has 0 amide bonds. The molecule has 0 aliphatic rings. The molecule has 0 unspecified atom stereocenters. The molecule has 0 aromatic heterocycles. The predicted molar refractivity (Wildman–Crippen MR) is 115 cm³/mol. The van der Waals surface area contributed by atoms with Crippen LogP contribution in [-0.4, -0.2) is 38.9 Å². The second-order valence-corrected chi connectivity index (χ2v) is 12.5. The van der Waals surface area contributed by atoms with Crippen molar-refractivity contribution in [2.45, 2.75) is 117 Å². The third-order valence-corrected chi connectivity index (χ3v) is 9.61. The van der Waals surface area contributed by atoms with E-state index in [9.17, 15) is 9.79 Å². The molecule has 0 bridgehead atoms. The van der Waals surface area contributed by atoms with Crippen molar-refractivity contribution in [1.82, 2.24) is 4.67 Å². The molecule has 0 saturated carbocycles. The standard InChI is InChI=1S/C21H45N2O2P/c1-6-7-8-9-10-11-12-13-14-15-18-26(24,25,19-16-17-22)23(20(2)3)21(4)5/h20-21,24-25H,6-16,18-19H2,1-5H3. The average molecular weight is 389 g/mol. The van der Waals surface area contributed by atoms with Crippen LogP contribution in [0.1, 0.15) is 105 Å². The minimum atomic E-state index is -3.99. The van der Waals surface area contributed by atoms with Crippen molar-refractivity contribution in [3.8, 4) is 6.07 Å². The van der Waals surface area contributed by atoms with Gasteiger partial charge in [-0.3, -0.25) is 0 Å². The molecule has 0 saturated heterocycles. The summed E-state index contributed by atoms with van der Waals surface area (Å²) in [6.07, 6.45) is 13.1. The van der Waals surface area contributed by atoms with E-state index in [-0.39, 0.29) is 24.7 Å². The van der Waals surface area contributed by atoms with E-state index in [1.165, 1.54) is 51.4 Å². The van der Waals surface area contributed by atoms with E-state index >= 15 is 0 Å². The first-order valence-electron chi connectivity index (χ1n) is 10.8. The zero-order valence-electron chi connectivity index (χ0n) is 18.1. The molecule has 4 nitrogen and oxygen atoms in total. The van der Waals surface area contributed by atoms with Crippen molar-refractivity contribution in [3.05, 3.63) is 0 Å². The van der Waals surface area contributed by atoms with Gasteiger partial charge in [0.25, 0.3) is 0 Å². The summed E-state index contributed by atoms with van der Waals surface area (Å²) in [6.45, 7) is 10.3. The van der Waals surface area contributed by atoms with Crippen molar-refractivity contribution in [1.29, 1.82) is 5.26 Å². The van der Waals surface area contributed by atoms with E-state index in [2.05, 4.69) is 13.0 Å². The van der Waals surface area contributed by atoms with Crippen LogP contribution in [-0.2, 0) is 0 Å². The van der Waals surface area contributed by atoms with Crippen LogP contribution in [0.2, 0.25) is 0 Å². The Morgan fingerprint density at radius 3 is 1.58 bits per heavy atom. The van der Waals surface area contributed by atoms with Gasteiger partial charge in [0.05, 0.1) is 0 Å². The Kier molecular flexibility index (Phi) is 13.0. The monoisotopic (exact) mass is 388 g/mol. The Bertz CT molecular complexity index is 397. The fourth-order valence-corrected chi connectivity index (χ4v) is 8.46. The Hall–Kier alpha value is -0.200. The van der Waals surface area contributed by atoms with Crippen LogP contribution in [0.15, 0.2) is 0 Å². The average Bonchev–Trinajstić information content (AvgIpc) is 2.54. The number of nitriles is 1. The van der Waals surface area contributed by atoms with Gasteiger partial charge in [-0.25, -0.2) is 0 Å². The van der Waals surface area contributed by atoms with Crippen LogP contribution in [0.5, 0.6) is 0 Å². The summed E-state index contributed by atoms with van der Waals surface area (Å²) in [7, 11) is -3.99. The maximum atomic E-state index is 11.4. The van der Waals surface area contributed by atoms with Gasteiger partial charge in [0.15, 0.2) is 0 Å². The molecule has 26 heavy (non-hydrogen) atoms. The Labute approximate surface area is 163 Å². The SMILES string of the molecule is CCCCCCCCCCCCP(O)(O)(CCC#N)N(C(C)C)C(C)C. The summed E-state index contributed by atoms with van der Waals surface area (Å²) in [5.41, 5.74) is 0. The third-order valence-electron chi connectivity index (χ3n) is 5.24. The second kappa shape index (κ2) is 13.1. The summed E-state index contributed by atoms with van der Waals surface area (Å²) in [4.78, 5) is 22.8. The van der Waals surface area contributed by atoms with Gasteiger partial charge in [0.2, 0.25) is 0 Å². The molecule has 0 fully saturated rings. The molecule has 0 heterocycles. The molecule has 5 heteroatoms. The van der Waals surface area contributed by atoms with E-state index in [1.54, 1.807) is 0 Å². The Morgan fingerprint density at radius 2 is 1.19 bits per heavy atom. The fourth-order valence-electron chi connectivity index (χ4n) is 4.21.